The monoisotopic (exact) mass is 383 g/mol. The minimum Gasteiger partial charge on any atom is -0.374 e. The van der Waals surface area contributed by atoms with Gasteiger partial charge in [0.1, 0.15) is 0 Å². The maximum Gasteiger partial charge on any atom is 0.596 e. The van der Waals surface area contributed by atoms with E-state index in [1.807, 2.05) is 41.5 Å². The van der Waals surface area contributed by atoms with Crippen LogP contribution in [0, 0.1) is 0 Å². The molecule has 0 aliphatic heterocycles. The topological polar surface area (TPSA) is 67.4 Å². The molecular formula is C15H37NO6Si2. The van der Waals surface area contributed by atoms with Crippen LogP contribution in [0.25, 0.3) is 0 Å². The van der Waals surface area contributed by atoms with Gasteiger partial charge in [-0.15, -0.1) is 0 Å². The summed E-state index contributed by atoms with van der Waals surface area (Å²) in [6.45, 7) is 15.9. The van der Waals surface area contributed by atoms with Gasteiger partial charge in [0.05, 0.1) is 0 Å². The van der Waals surface area contributed by atoms with Gasteiger partial charge in [-0.2, -0.15) is 0 Å². The molecule has 146 valence electrons. The number of hydrogen-bond donors (Lipinski definition) is 1. The molecule has 0 aromatic rings. The summed E-state index contributed by atoms with van der Waals surface area (Å²) in [5, 5.41) is 0. The fourth-order valence-electron chi connectivity index (χ4n) is 2.40. The Hall–Kier alpha value is 0.154. The van der Waals surface area contributed by atoms with E-state index >= 15 is 0 Å². The normalized spacial score (nSPS) is 12.8. The highest BCUT2D eigenvalue weighted by Gasteiger charge is 2.43. The first-order valence-electron chi connectivity index (χ1n) is 9.16. The molecule has 0 unspecified atom stereocenters. The Morgan fingerprint density at radius 3 is 1.29 bits per heavy atom. The highest BCUT2D eigenvalue weighted by molar-refractivity contribution is 6.60. The van der Waals surface area contributed by atoms with Crippen molar-refractivity contribution in [2.45, 2.75) is 54.0 Å². The molecular weight excluding hydrogens is 346 g/mol. The molecule has 0 bridgehead atoms. The number of nitrogens with one attached hydrogen (secondary N) is 1. The van der Waals surface area contributed by atoms with E-state index in [2.05, 4.69) is 4.98 Å². The Bertz CT molecular complexity index is 237. The SMILES string of the molecule is CCO[Si](CCCN[Si](OCC)(OCC)OCC)(OCC)OCC. The van der Waals surface area contributed by atoms with Gasteiger partial charge in [0.25, 0.3) is 0 Å². The number of rotatable bonds is 17. The molecule has 0 aliphatic carbocycles. The van der Waals surface area contributed by atoms with Crippen molar-refractivity contribution in [1.29, 1.82) is 0 Å². The molecule has 0 atom stereocenters. The summed E-state index contributed by atoms with van der Waals surface area (Å²) in [5.41, 5.74) is 0. The Kier molecular flexibility index (Phi) is 14.4. The summed E-state index contributed by atoms with van der Waals surface area (Å²) >= 11 is 0. The molecule has 0 aromatic heterocycles. The summed E-state index contributed by atoms with van der Waals surface area (Å²) in [4.78, 5) is 3.36. The number of hydrogen-bond acceptors (Lipinski definition) is 7. The van der Waals surface area contributed by atoms with Crippen LogP contribution >= 0.6 is 0 Å². The second-order valence-electron chi connectivity index (χ2n) is 4.87. The molecule has 0 radical (unpaired) electrons. The van der Waals surface area contributed by atoms with Crippen LogP contribution in [0.3, 0.4) is 0 Å². The predicted molar refractivity (Wildman–Crippen MR) is 98.7 cm³/mol. The zero-order valence-corrected chi connectivity index (χ0v) is 18.3. The van der Waals surface area contributed by atoms with E-state index in [1.165, 1.54) is 0 Å². The first-order chi connectivity index (χ1) is 11.6. The smallest absolute Gasteiger partial charge is 0.374 e. The van der Waals surface area contributed by atoms with Gasteiger partial charge in [-0.05, 0) is 54.5 Å². The lowest BCUT2D eigenvalue weighted by Crippen LogP contribution is -2.59. The van der Waals surface area contributed by atoms with E-state index in [-0.39, 0.29) is 0 Å². The molecule has 24 heavy (non-hydrogen) atoms. The summed E-state index contributed by atoms with van der Waals surface area (Å²) in [6, 6.07) is 0.754. The molecule has 1 N–H and O–H groups in total. The molecule has 0 spiro atoms. The van der Waals surface area contributed by atoms with Gasteiger partial charge in [0.2, 0.25) is 0 Å². The van der Waals surface area contributed by atoms with Crippen LogP contribution in [-0.4, -0.2) is 64.0 Å². The van der Waals surface area contributed by atoms with Crippen molar-refractivity contribution in [3.05, 3.63) is 0 Å². The van der Waals surface area contributed by atoms with Crippen molar-refractivity contribution < 1.29 is 26.6 Å². The molecule has 9 heteroatoms. The van der Waals surface area contributed by atoms with Crippen LogP contribution in [0.5, 0.6) is 0 Å². The van der Waals surface area contributed by atoms with Crippen molar-refractivity contribution in [2.24, 2.45) is 0 Å². The van der Waals surface area contributed by atoms with Crippen LogP contribution < -0.4 is 4.98 Å². The fourth-order valence-corrected chi connectivity index (χ4v) is 7.19. The summed E-state index contributed by atoms with van der Waals surface area (Å²) in [5.74, 6) is 0. The maximum atomic E-state index is 5.87. The first-order valence-corrected chi connectivity index (χ1v) is 12.8. The standard InChI is InChI=1S/C15H37NO6Si2/c1-7-17-23(18-8-2,19-9-3)15-13-14-16-24(20-10-4,21-11-5)22-12-6/h16H,7-15H2,1-6H3. The average Bonchev–Trinajstić information content (AvgIpc) is 2.53. The predicted octanol–water partition coefficient (Wildman–Crippen LogP) is 2.56. The zero-order chi connectivity index (χ0) is 18.3. The third kappa shape index (κ3) is 9.02. The minimum absolute atomic E-state index is 0.550. The van der Waals surface area contributed by atoms with E-state index in [4.69, 9.17) is 26.6 Å². The fraction of sp³-hybridized carbons (Fsp3) is 1.00. The van der Waals surface area contributed by atoms with Crippen molar-refractivity contribution in [3.8, 4) is 0 Å². The van der Waals surface area contributed by atoms with E-state index in [0.29, 0.717) is 46.2 Å². The second-order valence-corrected chi connectivity index (χ2v) is 9.93. The van der Waals surface area contributed by atoms with Gasteiger partial charge in [0.15, 0.2) is 0 Å². The molecule has 7 nitrogen and oxygen atoms in total. The molecule has 0 fully saturated rings. The second kappa shape index (κ2) is 14.3. The summed E-state index contributed by atoms with van der Waals surface area (Å²) in [6.07, 6.45) is 0.841. The summed E-state index contributed by atoms with van der Waals surface area (Å²) in [7, 11) is -5.40. The Balaban J connectivity index is 4.64. The van der Waals surface area contributed by atoms with E-state index in [1.54, 1.807) is 0 Å². The highest BCUT2D eigenvalue weighted by Crippen LogP contribution is 2.18. The zero-order valence-electron chi connectivity index (χ0n) is 16.3. The lowest BCUT2D eigenvalue weighted by atomic mass is 10.5. The molecule has 0 aliphatic rings. The Morgan fingerprint density at radius 2 is 0.958 bits per heavy atom. The summed E-state index contributed by atoms with van der Waals surface area (Å²) < 4.78 is 35.0. The van der Waals surface area contributed by atoms with Crippen LogP contribution in [-0.2, 0) is 26.6 Å². The Morgan fingerprint density at radius 1 is 0.583 bits per heavy atom. The van der Waals surface area contributed by atoms with Gasteiger partial charge < -0.3 is 26.6 Å². The van der Waals surface area contributed by atoms with Crippen molar-refractivity contribution in [2.75, 3.05) is 46.2 Å². The molecule has 0 amide bonds. The first kappa shape index (κ1) is 24.2. The lowest BCUT2D eigenvalue weighted by molar-refractivity contribution is 0.0582. The molecule has 0 saturated carbocycles. The van der Waals surface area contributed by atoms with E-state index in [0.717, 1.165) is 12.5 Å². The van der Waals surface area contributed by atoms with Crippen LogP contribution in [0.1, 0.15) is 48.0 Å². The quantitative estimate of drug-likeness (QED) is 0.306. The van der Waals surface area contributed by atoms with Gasteiger partial charge in [-0.1, -0.05) is 0 Å². The van der Waals surface area contributed by atoms with Crippen LogP contribution in [0.2, 0.25) is 6.04 Å². The van der Waals surface area contributed by atoms with Crippen LogP contribution in [0.4, 0.5) is 0 Å². The minimum atomic E-state index is -2.80. The van der Waals surface area contributed by atoms with Crippen LogP contribution in [0.15, 0.2) is 0 Å². The third-order valence-corrected chi connectivity index (χ3v) is 8.94. The van der Waals surface area contributed by atoms with Crippen molar-refractivity contribution in [3.63, 3.8) is 0 Å². The van der Waals surface area contributed by atoms with Gasteiger partial charge in [0, 0.05) is 45.7 Å². The van der Waals surface area contributed by atoms with Crippen molar-refractivity contribution in [1.82, 2.24) is 4.98 Å². The molecule has 0 heterocycles. The van der Waals surface area contributed by atoms with Gasteiger partial charge in [-0.25, -0.2) is 0 Å². The van der Waals surface area contributed by atoms with Gasteiger partial charge >= 0.3 is 17.8 Å². The average molecular weight is 384 g/mol. The maximum absolute atomic E-state index is 5.87. The molecule has 0 saturated heterocycles. The van der Waals surface area contributed by atoms with E-state index < -0.39 is 17.8 Å². The van der Waals surface area contributed by atoms with Crippen molar-refractivity contribution >= 4 is 17.8 Å². The molecule has 0 rings (SSSR count). The lowest BCUT2D eigenvalue weighted by Gasteiger charge is -2.30. The third-order valence-electron chi connectivity index (χ3n) is 3.10. The highest BCUT2D eigenvalue weighted by atomic mass is 28.4. The largest absolute Gasteiger partial charge is 0.596 e. The molecule has 0 aromatic carbocycles. The Labute approximate surface area is 150 Å². The van der Waals surface area contributed by atoms with Gasteiger partial charge in [-0.3, -0.25) is 4.98 Å². The van der Waals surface area contributed by atoms with E-state index in [9.17, 15) is 0 Å².